The van der Waals surface area contributed by atoms with Crippen LogP contribution in [0.4, 0.5) is 0 Å². The van der Waals surface area contributed by atoms with E-state index in [1.165, 1.54) is 0 Å². The van der Waals surface area contributed by atoms with Crippen LogP contribution >= 0.6 is 0 Å². The quantitative estimate of drug-likeness (QED) is 0.673. The number of carboxylic acids is 1. The molecule has 0 aliphatic carbocycles. The molecule has 2 unspecified atom stereocenters. The number of carbonyl (C=O) groups is 1. The van der Waals surface area contributed by atoms with Crippen LogP contribution in [0, 0.1) is 11.8 Å². The first kappa shape index (κ1) is 15.4. The molecule has 0 aromatic heterocycles. The Morgan fingerprint density at radius 3 is 2.31 bits per heavy atom. The molecule has 0 bridgehead atoms. The summed E-state index contributed by atoms with van der Waals surface area (Å²) in [7, 11) is 0. The van der Waals surface area contributed by atoms with E-state index in [1.54, 1.807) is 6.92 Å². The highest BCUT2D eigenvalue weighted by Gasteiger charge is 2.32. The van der Waals surface area contributed by atoms with E-state index in [4.69, 9.17) is 0 Å². The summed E-state index contributed by atoms with van der Waals surface area (Å²) in [6.07, 6.45) is 2.71. The average molecular weight is 229 g/mol. The highest BCUT2D eigenvalue weighted by molar-refractivity contribution is 5.78. The highest BCUT2D eigenvalue weighted by Crippen LogP contribution is 2.17. The Hall–Kier alpha value is -0.570. The standard InChI is InChI=1S/C13H27NO2/c1-6-11(4)9-14-13(5,12(15)16)8-7-10(2)3/h10-11,14H,6-9H2,1-5H3,(H,15,16). The van der Waals surface area contributed by atoms with Gasteiger partial charge in [-0.2, -0.15) is 0 Å². The minimum atomic E-state index is -0.770. The van der Waals surface area contributed by atoms with E-state index in [2.05, 4.69) is 33.0 Å². The molecule has 3 nitrogen and oxygen atoms in total. The summed E-state index contributed by atoms with van der Waals surface area (Å²) in [4.78, 5) is 11.3. The third-order valence-corrected chi connectivity index (χ3v) is 3.23. The van der Waals surface area contributed by atoms with Crippen molar-refractivity contribution in [1.29, 1.82) is 0 Å². The maximum absolute atomic E-state index is 11.3. The van der Waals surface area contributed by atoms with Crippen LogP contribution in [0.15, 0.2) is 0 Å². The van der Waals surface area contributed by atoms with Gasteiger partial charge in [-0.05, 0) is 38.1 Å². The lowest BCUT2D eigenvalue weighted by Crippen LogP contribution is -2.51. The van der Waals surface area contributed by atoms with Crippen LogP contribution < -0.4 is 5.32 Å². The van der Waals surface area contributed by atoms with E-state index >= 15 is 0 Å². The number of nitrogens with one attached hydrogen (secondary N) is 1. The van der Waals surface area contributed by atoms with Gasteiger partial charge in [-0.3, -0.25) is 4.79 Å². The van der Waals surface area contributed by atoms with E-state index in [0.717, 1.165) is 19.4 Å². The first-order valence-electron chi connectivity index (χ1n) is 6.30. The third-order valence-electron chi connectivity index (χ3n) is 3.23. The van der Waals surface area contributed by atoms with E-state index < -0.39 is 11.5 Å². The third kappa shape index (κ3) is 5.50. The molecule has 2 N–H and O–H groups in total. The molecule has 0 spiro atoms. The van der Waals surface area contributed by atoms with Crippen LogP contribution in [-0.4, -0.2) is 23.2 Å². The molecule has 0 rings (SSSR count). The van der Waals surface area contributed by atoms with Crippen LogP contribution in [0.5, 0.6) is 0 Å². The lowest BCUT2D eigenvalue weighted by Gasteiger charge is -2.28. The van der Waals surface area contributed by atoms with Gasteiger partial charge in [-0.1, -0.05) is 34.1 Å². The van der Waals surface area contributed by atoms with Crippen molar-refractivity contribution < 1.29 is 9.90 Å². The first-order chi connectivity index (χ1) is 7.31. The Morgan fingerprint density at radius 2 is 1.94 bits per heavy atom. The van der Waals surface area contributed by atoms with Crippen molar-refractivity contribution in [1.82, 2.24) is 5.32 Å². The minimum absolute atomic E-state index is 0.526. The Balaban J connectivity index is 4.28. The average Bonchev–Trinajstić information content (AvgIpc) is 2.22. The van der Waals surface area contributed by atoms with Gasteiger partial charge in [0, 0.05) is 0 Å². The predicted octanol–water partition coefficient (Wildman–Crippen LogP) is 2.90. The van der Waals surface area contributed by atoms with Crippen LogP contribution in [0.3, 0.4) is 0 Å². The Morgan fingerprint density at radius 1 is 1.38 bits per heavy atom. The molecule has 96 valence electrons. The van der Waals surface area contributed by atoms with E-state index in [0.29, 0.717) is 18.3 Å². The SMILES string of the molecule is CCC(C)CNC(C)(CCC(C)C)C(=O)O. The molecule has 0 amide bonds. The lowest BCUT2D eigenvalue weighted by molar-refractivity contribution is -0.144. The molecule has 0 fully saturated rings. The molecular formula is C13H27NO2. The van der Waals surface area contributed by atoms with Crippen molar-refractivity contribution >= 4 is 5.97 Å². The fourth-order valence-electron chi connectivity index (χ4n) is 1.39. The Labute approximate surface area is 99.6 Å². The van der Waals surface area contributed by atoms with Gasteiger partial charge in [-0.15, -0.1) is 0 Å². The van der Waals surface area contributed by atoms with Gasteiger partial charge in [0.25, 0.3) is 0 Å². The van der Waals surface area contributed by atoms with Gasteiger partial charge in [0.15, 0.2) is 0 Å². The molecular weight excluding hydrogens is 202 g/mol. The summed E-state index contributed by atoms with van der Waals surface area (Å²) in [5, 5.41) is 12.5. The molecule has 0 saturated carbocycles. The largest absolute Gasteiger partial charge is 0.480 e. The van der Waals surface area contributed by atoms with Gasteiger partial charge in [0.1, 0.15) is 5.54 Å². The van der Waals surface area contributed by atoms with Crippen LogP contribution in [0.25, 0.3) is 0 Å². The molecule has 2 atom stereocenters. The van der Waals surface area contributed by atoms with Gasteiger partial charge >= 0.3 is 5.97 Å². The van der Waals surface area contributed by atoms with Crippen LogP contribution in [-0.2, 0) is 4.79 Å². The predicted molar refractivity (Wildman–Crippen MR) is 67.6 cm³/mol. The van der Waals surface area contributed by atoms with Crippen molar-refractivity contribution in [3.63, 3.8) is 0 Å². The molecule has 0 aliphatic rings. The number of hydrogen-bond donors (Lipinski definition) is 2. The number of aliphatic carboxylic acids is 1. The summed E-state index contributed by atoms with van der Waals surface area (Å²) in [6.45, 7) is 11.1. The topological polar surface area (TPSA) is 49.3 Å². The molecule has 3 heteroatoms. The Bertz CT molecular complexity index is 216. The maximum atomic E-state index is 11.3. The van der Waals surface area contributed by atoms with E-state index in [1.807, 2.05) is 0 Å². The fourth-order valence-corrected chi connectivity index (χ4v) is 1.39. The number of carboxylic acid groups (broad SMARTS) is 1. The smallest absolute Gasteiger partial charge is 0.323 e. The zero-order chi connectivity index (χ0) is 12.8. The summed E-state index contributed by atoms with van der Waals surface area (Å²) < 4.78 is 0. The summed E-state index contributed by atoms with van der Waals surface area (Å²) in [5.41, 5.74) is -0.770. The molecule has 0 heterocycles. The molecule has 0 aliphatic heterocycles. The van der Waals surface area contributed by atoms with Gasteiger partial charge in [-0.25, -0.2) is 0 Å². The van der Waals surface area contributed by atoms with Crippen molar-refractivity contribution in [2.75, 3.05) is 6.54 Å². The minimum Gasteiger partial charge on any atom is -0.480 e. The van der Waals surface area contributed by atoms with Gasteiger partial charge in [0.2, 0.25) is 0 Å². The second-order valence-electron chi connectivity index (χ2n) is 5.46. The van der Waals surface area contributed by atoms with E-state index in [9.17, 15) is 9.90 Å². The maximum Gasteiger partial charge on any atom is 0.323 e. The number of hydrogen-bond acceptors (Lipinski definition) is 2. The van der Waals surface area contributed by atoms with Gasteiger partial charge < -0.3 is 10.4 Å². The van der Waals surface area contributed by atoms with Crippen LogP contribution in [0.2, 0.25) is 0 Å². The zero-order valence-electron chi connectivity index (χ0n) is 11.3. The fraction of sp³-hybridized carbons (Fsp3) is 0.923. The second kappa shape index (κ2) is 6.89. The molecule has 0 aromatic carbocycles. The first-order valence-corrected chi connectivity index (χ1v) is 6.30. The monoisotopic (exact) mass is 229 g/mol. The van der Waals surface area contributed by atoms with Gasteiger partial charge in [0.05, 0.1) is 0 Å². The number of rotatable bonds is 8. The van der Waals surface area contributed by atoms with Crippen molar-refractivity contribution in [2.45, 2.75) is 59.4 Å². The second-order valence-corrected chi connectivity index (χ2v) is 5.46. The molecule has 16 heavy (non-hydrogen) atoms. The van der Waals surface area contributed by atoms with E-state index in [-0.39, 0.29) is 0 Å². The molecule has 0 radical (unpaired) electrons. The Kier molecular flexibility index (Phi) is 6.65. The summed E-state index contributed by atoms with van der Waals surface area (Å²) in [5.74, 6) is 0.332. The summed E-state index contributed by atoms with van der Waals surface area (Å²) in [6, 6.07) is 0. The highest BCUT2D eigenvalue weighted by atomic mass is 16.4. The van der Waals surface area contributed by atoms with Crippen molar-refractivity contribution in [3.05, 3.63) is 0 Å². The zero-order valence-corrected chi connectivity index (χ0v) is 11.3. The molecule has 0 aromatic rings. The normalized spacial score (nSPS) is 17.1. The van der Waals surface area contributed by atoms with Crippen LogP contribution in [0.1, 0.15) is 53.9 Å². The van der Waals surface area contributed by atoms with Crippen molar-refractivity contribution in [3.8, 4) is 0 Å². The summed E-state index contributed by atoms with van der Waals surface area (Å²) >= 11 is 0. The lowest BCUT2D eigenvalue weighted by atomic mass is 9.91. The van der Waals surface area contributed by atoms with Crippen molar-refractivity contribution in [2.24, 2.45) is 11.8 Å². The molecule has 0 saturated heterocycles.